The summed E-state index contributed by atoms with van der Waals surface area (Å²) in [6.07, 6.45) is 30.6. The first-order valence-electron chi connectivity index (χ1n) is 30.5. The van der Waals surface area contributed by atoms with E-state index in [0.717, 1.165) is 120 Å². The third-order valence-electron chi connectivity index (χ3n) is 15.1. The van der Waals surface area contributed by atoms with Crippen molar-refractivity contribution in [2.24, 2.45) is 0 Å². The van der Waals surface area contributed by atoms with Gasteiger partial charge in [0.05, 0.1) is 36.0 Å². The maximum atomic E-state index is 11.9. The number of phenolic OH excluding ortho intramolecular Hbond substituents is 1. The zero-order chi connectivity index (χ0) is 59.0. The highest BCUT2D eigenvalue weighted by Crippen LogP contribution is 2.44. The monoisotopic (exact) mass is 1090 g/mol. The number of anilines is 4. The van der Waals surface area contributed by atoms with Crippen LogP contribution in [-0.2, 0) is 0 Å². The molecular formula is C76H88N4O2. The third kappa shape index (κ3) is 14.6. The van der Waals surface area contributed by atoms with Gasteiger partial charge in [-0.3, -0.25) is 0 Å². The van der Waals surface area contributed by atoms with Crippen LogP contribution in [0.4, 0.5) is 22.7 Å². The van der Waals surface area contributed by atoms with Gasteiger partial charge in [-0.1, -0.05) is 216 Å². The Morgan fingerprint density at radius 3 is 2.17 bits per heavy atom. The third-order valence-corrected chi connectivity index (χ3v) is 15.1. The molecule has 1 N–H and O–H groups in total. The SMILES string of the molecule is CC.CC.CC.C\C=C/C=c1\c(=C\N(C(/C=C\CC#N)=C/CC)c2ccc(/C=C\C)c3c2ccc2ccc(N(c4ccc(C#N)cc4)c4cccc(-c5cccc(C(C)CCCCC)c5O)c4)cc23)oc2c(C3CCCCC3)cccc12. The molecule has 8 aromatic rings. The molecule has 1 aliphatic rings. The lowest BCUT2D eigenvalue weighted by molar-refractivity contribution is 0.440. The summed E-state index contributed by atoms with van der Waals surface area (Å²) in [6, 6.07) is 49.1. The van der Waals surface area contributed by atoms with E-state index in [9.17, 15) is 15.6 Å². The second-order valence-corrected chi connectivity index (χ2v) is 20.2. The molecule has 1 aliphatic carbocycles. The van der Waals surface area contributed by atoms with Crippen LogP contribution in [0.5, 0.6) is 5.75 Å². The predicted octanol–water partition coefficient (Wildman–Crippen LogP) is 21.7. The van der Waals surface area contributed by atoms with Gasteiger partial charge in [0.2, 0.25) is 0 Å². The Balaban J connectivity index is 0.00000174. The Labute approximate surface area is 491 Å². The minimum atomic E-state index is 0.230. The van der Waals surface area contributed by atoms with Gasteiger partial charge < -0.3 is 19.3 Å². The minimum absolute atomic E-state index is 0.230. The molecule has 0 saturated heterocycles. The normalized spacial score (nSPS) is 13.6. The highest BCUT2D eigenvalue weighted by atomic mass is 16.3. The summed E-state index contributed by atoms with van der Waals surface area (Å²) in [4.78, 5) is 4.50. The molecule has 0 radical (unpaired) electrons. The van der Waals surface area contributed by atoms with E-state index in [1.807, 2.05) is 84.9 Å². The van der Waals surface area contributed by atoms with E-state index in [2.05, 4.69) is 195 Å². The van der Waals surface area contributed by atoms with E-state index in [1.165, 1.54) is 44.1 Å². The van der Waals surface area contributed by atoms with Gasteiger partial charge in [0.25, 0.3) is 0 Å². The smallest absolute Gasteiger partial charge is 0.151 e. The molecule has 1 atom stereocenters. The van der Waals surface area contributed by atoms with Crippen molar-refractivity contribution in [3.63, 3.8) is 0 Å². The number of hydrogen-bond donors (Lipinski definition) is 1. The van der Waals surface area contributed by atoms with Gasteiger partial charge in [-0.05, 0) is 150 Å². The van der Waals surface area contributed by atoms with E-state index < -0.39 is 0 Å². The molecule has 1 heterocycles. The van der Waals surface area contributed by atoms with Gasteiger partial charge in [-0.25, -0.2) is 0 Å². The zero-order valence-corrected chi connectivity index (χ0v) is 50.9. The van der Waals surface area contributed by atoms with Crippen LogP contribution in [0.3, 0.4) is 0 Å². The Bertz CT molecular complexity index is 3700. The Kier molecular flexibility index (Phi) is 24.7. The average molecular weight is 1090 g/mol. The van der Waals surface area contributed by atoms with Crippen LogP contribution in [0.1, 0.15) is 181 Å². The summed E-state index contributed by atoms with van der Waals surface area (Å²) < 4.78 is 7.13. The second kappa shape index (κ2) is 32.2. The number of nitrogens with zero attached hydrogens (tertiary/aromatic N) is 4. The fourth-order valence-corrected chi connectivity index (χ4v) is 11.3. The molecule has 0 bridgehead atoms. The highest BCUT2D eigenvalue weighted by molar-refractivity contribution is 6.16. The van der Waals surface area contributed by atoms with Crippen LogP contribution in [0.25, 0.3) is 62.0 Å². The summed E-state index contributed by atoms with van der Waals surface area (Å²) in [5.74, 6) is 1.02. The van der Waals surface area contributed by atoms with Crippen molar-refractivity contribution in [3.8, 4) is 29.0 Å². The molecule has 7 aromatic carbocycles. The maximum absolute atomic E-state index is 11.9. The van der Waals surface area contributed by atoms with E-state index in [-0.39, 0.29) is 12.3 Å². The maximum Gasteiger partial charge on any atom is 0.151 e. The van der Waals surface area contributed by atoms with Crippen molar-refractivity contribution >= 4 is 73.6 Å². The largest absolute Gasteiger partial charge is 0.507 e. The van der Waals surface area contributed by atoms with Crippen molar-refractivity contribution in [2.45, 2.75) is 159 Å². The molecule has 9 rings (SSSR count). The fourth-order valence-electron chi connectivity index (χ4n) is 11.3. The van der Waals surface area contributed by atoms with Gasteiger partial charge in [-0.2, -0.15) is 10.5 Å². The van der Waals surface area contributed by atoms with Crippen molar-refractivity contribution in [3.05, 3.63) is 202 Å². The summed E-state index contributed by atoms with van der Waals surface area (Å²) in [6.45, 7) is 22.7. The van der Waals surface area contributed by atoms with E-state index in [0.29, 0.717) is 17.2 Å². The van der Waals surface area contributed by atoms with E-state index >= 15 is 0 Å². The first-order valence-corrected chi connectivity index (χ1v) is 30.5. The lowest BCUT2D eigenvalue weighted by Gasteiger charge is -2.27. The molecule has 6 nitrogen and oxygen atoms in total. The Hall–Kier alpha value is -8.32. The number of allylic oxidation sites excluding steroid dienone is 6. The fraction of sp³-hybridized carbons (Fsp3) is 0.316. The van der Waals surface area contributed by atoms with Gasteiger partial charge >= 0.3 is 0 Å². The number of para-hydroxylation sites is 2. The lowest BCUT2D eigenvalue weighted by atomic mass is 9.83. The van der Waals surface area contributed by atoms with Crippen LogP contribution in [0.2, 0.25) is 0 Å². The number of hydrogen-bond acceptors (Lipinski definition) is 6. The average Bonchev–Trinajstić information content (AvgIpc) is 3.74. The molecule has 82 heavy (non-hydrogen) atoms. The van der Waals surface area contributed by atoms with Crippen molar-refractivity contribution < 1.29 is 9.52 Å². The second-order valence-electron chi connectivity index (χ2n) is 20.2. The van der Waals surface area contributed by atoms with Gasteiger partial charge in [0.1, 0.15) is 11.3 Å². The highest BCUT2D eigenvalue weighted by Gasteiger charge is 2.23. The molecule has 1 aromatic heterocycles. The number of rotatable bonds is 18. The first kappa shape index (κ1) is 62.9. The number of benzene rings is 7. The van der Waals surface area contributed by atoms with Crippen LogP contribution in [0.15, 0.2) is 174 Å². The standard InChI is InChI=1S/C70H70N4O2.3C2H6/c1-6-10-13-23-49(5)59-30-19-31-60(69(59)75)54-26-18-28-57(45-54)74(56-39-34-50(47-72)35-40-56)58-41-36-52-37-42-64-66(43-38-53(21-8-3)68(64)65(52)46-58)73(55(22-9-4)27-16-17-44-71)48-67-62(29-11-7-2)63-33-20-32-61(70(63)76-67)51-24-14-12-15-25-51;3*1-2/h7-8,11,16,18-22,26-43,45-46,48-49,51,75H,6,9-10,12-15,17,23-25H2,1-5H3;3*1-2H3/b11-7-,21-8-,27-16-,55-22+,62-29-,67-48-;;;. The number of fused-ring (bicyclic) bond motifs is 4. The van der Waals surface area contributed by atoms with Gasteiger partial charge in [0, 0.05) is 44.3 Å². The molecule has 1 fully saturated rings. The predicted molar refractivity (Wildman–Crippen MR) is 355 cm³/mol. The van der Waals surface area contributed by atoms with Gasteiger partial charge in [0.15, 0.2) is 5.42 Å². The quantitative estimate of drug-likeness (QED) is 0.0523. The van der Waals surface area contributed by atoms with E-state index in [4.69, 9.17) is 4.42 Å². The van der Waals surface area contributed by atoms with Crippen LogP contribution in [0, 0.1) is 22.7 Å². The van der Waals surface area contributed by atoms with Crippen LogP contribution >= 0.6 is 0 Å². The van der Waals surface area contributed by atoms with Crippen molar-refractivity contribution in [1.82, 2.24) is 0 Å². The van der Waals surface area contributed by atoms with E-state index in [1.54, 1.807) is 0 Å². The summed E-state index contributed by atoms with van der Waals surface area (Å²) >= 11 is 0. The topological polar surface area (TPSA) is 87.4 Å². The van der Waals surface area contributed by atoms with Gasteiger partial charge in [-0.15, -0.1) is 0 Å². The molecule has 0 amide bonds. The summed E-state index contributed by atoms with van der Waals surface area (Å²) in [5.41, 5.74) is 12.0. The molecule has 424 valence electrons. The molecule has 1 saturated carbocycles. The molecule has 0 spiro atoms. The molecule has 6 heteroatoms. The number of furan rings is 1. The Morgan fingerprint density at radius 1 is 0.744 bits per heavy atom. The minimum Gasteiger partial charge on any atom is -0.507 e. The summed E-state index contributed by atoms with van der Waals surface area (Å²) in [5, 5.41) is 37.9. The number of nitriles is 2. The number of unbranched alkanes of at least 4 members (excludes halogenated alkanes) is 2. The number of aromatic hydroxyl groups is 1. The molecular weight excluding hydrogens is 1000 g/mol. The van der Waals surface area contributed by atoms with Crippen LogP contribution < -0.4 is 20.4 Å². The van der Waals surface area contributed by atoms with Crippen LogP contribution in [-0.4, -0.2) is 5.11 Å². The van der Waals surface area contributed by atoms with Crippen molar-refractivity contribution in [2.75, 3.05) is 9.80 Å². The number of phenols is 1. The zero-order valence-electron chi connectivity index (χ0n) is 50.9. The molecule has 0 aliphatic heterocycles. The van der Waals surface area contributed by atoms with Crippen molar-refractivity contribution in [1.29, 1.82) is 10.5 Å². The lowest BCUT2D eigenvalue weighted by Crippen LogP contribution is -2.26. The first-order chi connectivity index (χ1) is 40.3. The summed E-state index contributed by atoms with van der Waals surface area (Å²) in [7, 11) is 0. The molecule has 1 unspecified atom stereocenters. The Morgan fingerprint density at radius 2 is 1.46 bits per heavy atom.